The Morgan fingerprint density at radius 3 is 2.43 bits per heavy atom. The van der Waals surface area contributed by atoms with E-state index in [-0.39, 0.29) is 0 Å². The number of fused-ring (bicyclic) bond motifs is 2. The van der Waals surface area contributed by atoms with Gasteiger partial charge in [-0.2, -0.15) is 0 Å². The van der Waals surface area contributed by atoms with E-state index >= 15 is 0 Å². The quantitative estimate of drug-likeness (QED) is 0.694. The molecule has 3 heteroatoms. The minimum absolute atomic E-state index is 0.299. The largest absolute Gasteiger partial charge is 0.395 e. The molecule has 0 saturated carbocycles. The van der Waals surface area contributed by atoms with Gasteiger partial charge in [-0.05, 0) is 32.2 Å². The number of likely N-dealkylation sites (N-methyl/N-ethyl adjacent to an activating group) is 1. The van der Waals surface area contributed by atoms with Gasteiger partial charge in [-0.1, -0.05) is 6.92 Å². The number of rotatable bonds is 4. The molecule has 2 N–H and O–H groups in total. The van der Waals surface area contributed by atoms with Gasteiger partial charge in [0.1, 0.15) is 0 Å². The molecule has 2 heterocycles. The Bertz CT molecular complexity index is 174. The van der Waals surface area contributed by atoms with E-state index in [0.29, 0.717) is 12.6 Å². The fraction of sp³-hybridized carbons (Fsp3) is 1.00. The molecule has 2 fully saturated rings. The van der Waals surface area contributed by atoms with Crippen LogP contribution in [0.2, 0.25) is 0 Å². The molecule has 2 atom stereocenters. The van der Waals surface area contributed by atoms with Gasteiger partial charge in [0, 0.05) is 24.7 Å². The molecule has 0 aliphatic carbocycles. The summed E-state index contributed by atoms with van der Waals surface area (Å²) in [4.78, 5) is 2.44. The van der Waals surface area contributed by atoms with Gasteiger partial charge in [0.2, 0.25) is 0 Å². The smallest absolute Gasteiger partial charge is 0.0558 e. The highest BCUT2D eigenvalue weighted by atomic mass is 16.3. The van der Waals surface area contributed by atoms with Gasteiger partial charge in [-0.15, -0.1) is 0 Å². The molecular weight excluding hydrogens is 176 g/mol. The third-order valence-electron chi connectivity index (χ3n) is 3.76. The van der Waals surface area contributed by atoms with E-state index in [4.69, 9.17) is 5.11 Å². The van der Waals surface area contributed by atoms with Crippen LogP contribution in [0, 0.1) is 0 Å². The molecule has 14 heavy (non-hydrogen) atoms. The SMILES string of the molecule is CCN(CCO)C1CC2CCC(C1)N2. The van der Waals surface area contributed by atoms with Crippen molar-refractivity contribution < 1.29 is 5.11 Å². The first-order chi connectivity index (χ1) is 6.83. The zero-order valence-electron chi connectivity index (χ0n) is 9.08. The second kappa shape index (κ2) is 4.60. The molecule has 0 radical (unpaired) electrons. The van der Waals surface area contributed by atoms with Crippen molar-refractivity contribution in [2.24, 2.45) is 0 Å². The van der Waals surface area contributed by atoms with Gasteiger partial charge >= 0.3 is 0 Å². The molecule has 3 nitrogen and oxygen atoms in total. The van der Waals surface area contributed by atoms with Gasteiger partial charge in [-0.25, -0.2) is 0 Å². The summed E-state index contributed by atoms with van der Waals surface area (Å²) in [7, 11) is 0. The molecule has 2 bridgehead atoms. The lowest BCUT2D eigenvalue weighted by atomic mass is 9.98. The van der Waals surface area contributed by atoms with Crippen molar-refractivity contribution >= 4 is 0 Å². The normalized spacial score (nSPS) is 36.6. The average Bonchev–Trinajstić information content (AvgIpc) is 2.54. The molecule has 82 valence electrons. The lowest BCUT2D eigenvalue weighted by molar-refractivity contribution is 0.119. The first-order valence-electron chi connectivity index (χ1n) is 5.94. The molecule has 0 amide bonds. The van der Waals surface area contributed by atoms with Crippen molar-refractivity contribution in [3.8, 4) is 0 Å². The lowest BCUT2D eigenvalue weighted by Crippen LogP contribution is -2.48. The predicted octanol–water partition coefficient (Wildman–Crippen LogP) is 0.584. The monoisotopic (exact) mass is 198 g/mol. The van der Waals surface area contributed by atoms with Crippen LogP contribution in [0.1, 0.15) is 32.6 Å². The second-order valence-electron chi connectivity index (χ2n) is 4.62. The van der Waals surface area contributed by atoms with Crippen molar-refractivity contribution in [3.05, 3.63) is 0 Å². The van der Waals surface area contributed by atoms with E-state index in [9.17, 15) is 0 Å². The summed E-state index contributed by atoms with van der Waals surface area (Å²) in [5, 5.41) is 12.6. The van der Waals surface area contributed by atoms with E-state index in [1.165, 1.54) is 25.7 Å². The van der Waals surface area contributed by atoms with Gasteiger partial charge in [-0.3, -0.25) is 4.90 Å². The maximum Gasteiger partial charge on any atom is 0.0558 e. The fourth-order valence-corrected chi connectivity index (χ4v) is 3.05. The van der Waals surface area contributed by atoms with E-state index < -0.39 is 0 Å². The maximum atomic E-state index is 8.99. The highest BCUT2D eigenvalue weighted by Gasteiger charge is 2.35. The number of nitrogens with one attached hydrogen (secondary N) is 1. The van der Waals surface area contributed by atoms with Gasteiger partial charge in [0.25, 0.3) is 0 Å². The van der Waals surface area contributed by atoms with Crippen LogP contribution < -0.4 is 5.32 Å². The van der Waals surface area contributed by atoms with Crippen molar-refractivity contribution in [1.82, 2.24) is 10.2 Å². The van der Waals surface area contributed by atoms with E-state index in [1.807, 2.05) is 0 Å². The van der Waals surface area contributed by atoms with Crippen molar-refractivity contribution in [2.75, 3.05) is 19.7 Å². The minimum Gasteiger partial charge on any atom is -0.395 e. The van der Waals surface area contributed by atoms with Gasteiger partial charge in [0.05, 0.1) is 6.61 Å². The van der Waals surface area contributed by atoms with Crippen LogP contribution in [-0.2, 0) is 0 Å². The highest BCUT2D eigenvalue weighted by molar-refractivity contribution is 4.95. The molecule has 0 aromatic rings. The Balaban J connectivity index is 1.90. The van der Waals surface area contributed by atoms with E-state index in [2.05, 4.69) is 17.1 Å². The minimum atomic E-state index is 0.299. The lowest BCUT2D eigenvalue weighted by Gasteiger charge is -2.36. The Kier molecular flexibility index (Phi) is 3.42. The van der Waals surface area contributed by atoms with E-state index in [1.54, 1.807) is 0 Å². The molecule has 2 rings (SSSR count). The molecule has 0 aromatic carbocycles. The second-order valence-corrected chi connectivity index (χ2v) is 4.62. The molecule has 2 aliphatic heterocycles. The summed E-state index contributed by atoms with van der Waals surface area (Å²) in [6.07, 6.45) is 5.28. The van der Waals surface area contributed by atoms with Crippen LogP contribution in [0.5, 0.6) is 0 Å². The number of aliphatic hydroxyl groups is 1. The Morgan fingerprint density at radius 2 is 1.93 bits per heavy atom. The van der Waals surface area contributed by atoms with E-state index in [0.717, 1.165) is 25.2 Å². The molecule has 0 spiro atoms. The predicted molar refractivity (Wildman–Crippen MR) is 57.3 cm³/mol. The van der Waals surface area contributed by atoms with Crippen LogP contribution in [0.15, 0.2) is 0 Å². The van der Waals surface area contributed by atoms with Crippen molar-refractivity contribution in [1.29, 1.82) is 0 Å². The molecule has 0 aromatic heterocycles. The first-order valence-corrected chi connectivity index (χ1v) is 5.94. The topological polar surface area (TPSA) is 35.5 Å². The summed E-state index contributed by atoms with van der Waals surface area (Å²) in [6.45, 7) is 4.41. The standard InChI is InChI=1S/C11H22N2O/c1-2-13(5-6-14)11-7-9-3-4-10(8-11)12-9/h9-12,14H,2-8H2,1H3. The molecule has 2 unspecified atom stereocenters. The number of hydrogen-bond donors (Lipinski definition) is 2. The Labute approximate surface area is 86.5 Å². The average molecular weight is 198 g/mol. The molecule has 2 saturated heterocycles. The zero-order chi connectivity index (χ0) is 9.97. The Hall–Kier alpha value is -0.120. The van der Waals surface area contributed by atoms with Gasteiger partial charge in [0.15, 0.2) is 0 Å². The fourth-order valence-electron chi connectivity index (χ4n) is 3.05. The summed E-state index contributed by atoms with van der Waals surface area (Å²) in [5.41, 5.74) is 0. The summed E-state index contributed by atoms with van der Waals surface area (Å²) in [5.74, 6) is 0. The molecule has 2 aliphatic rings. The van der Waals surface area contributed by atoms with Crippen LogP contribution in [0.3, 0.4) is 0 Å². The summed E-state index contributed by atoms with van der Waals surface area (Å²) >= 11 is 0. The maximum absolute atomic E-state index is 8.99. The Morgan fingerprint density at radius 1 is 1.29 bits per heavy atom. The number of nitrogens with zero attached hydrogens (tertiary/aromatic N) is 1. The highest BCUT2D eigenvalue weighted by Crippen LogP contribution is 2.29. The van der Waals surface area contributed by atoms with Gasteiger partial charge < -0.3 is 10.4 Å². The summed E-state index contributed by atoms with van der Waals surface area (Å²) < 4.78 is 0. The van der Waals surface area contributed by atoms with Crippen LogP contribution in [-0.4, -0.2) is 47.8 Å². The zero-order valence-corrected chi connectivity index (χ0v) is 9.08. The van der Waals surface area contributed by atoms with Crippen molar-refractivity contribution in [2.45, 2.75) is 50.7 Å². The number of hydrogen-bond acceptors (Lipinski definition) is 3. The third-order valence-corrected chi connectivity index (χ3v) is 3.76. The third kappa shape index (κ3) is 2.10. The number of piperidine rings is 1. The molecular formula is C11H22N2O. The van der Waals surface area contributed by atoms with Crippen LogP contribution in [0.25, 0.3) is 0 Å². The number of aliphatic hydroxyl groups excluding tert-OH is 1. The van der Waals surface area contributed by atoms with Crippen LogP contribution >= 0.6 is 0 Å². The first kappa shape index (κ1) is 10.4. The van der Waals surface area contributed by atoms with Crippen LogP contribution in [0.4, 0.5) is 0 Å². The summed E-state index contributed by atoms with van der Waals surface area (Å²) in [6, 6.07) is 2.23. The van der Waals surface area contributed by atoms with Crippen molar-refractivity contribution in [3.63, 3.8) is 0 Å².